The minimum Gasteiger partial charge on any atom is -0.311 e. The monoisotopic (exact) mass is 284 g/mol. The number of piperazine rings is 1. The van der Waals surface area contributed by atoms with E-state index < -0.39 is 0 Å². The summed E-state index contributed by atoms with van der Waals surface area (Å²) in [5, 5.41) is 3.56. The van der Waals surface area contributed by atoms with Crippen LogP contribution >= 0.6 is 0 Å². The van der Waals surface area contributed by atoms with Crippen LogP contribution in [0.5, 0.6) is 0 Å². The number of hydrogen-bond donors (Lipinski definition) is 1. The maximum atomic E-state index is 13.7. The van der Waals surface area contributed by atoms with Gasteiger partial charge in [0.1, 0.15) is 5.82 Å². The number of benzene rings is 2. The van der Waals surface area contributed by atoms with Gasteiger partial charge < -0.3 is 5.32 Å². The Balaban J connectivity index is 1.60. The molecule has 2 aromatic rings. The third-order valence-corrected chi connectivity index (χ3v) is 4.02. The summed E-state index contributed by atoms with van der Waals surface area (Å²) in [4.78, 5) is 2.34. The van der Waals surface area contributed by atoms with Crippen LogP contribution in [0, 0.1) is 5.82 Å². The van der Waals surface area contributed by atoms with E-state index in [1.54, 1.807) is 12.1 Å². The molecule has 110 valence electrons. The van der Waals surface area contributed by atoms with Crippen LogP contribution in [0.25, 0.3) is 0 Å². The van der Waals surface area contributed by atoms with E-state index in [1.807, 2.05) is 18.2 Å². The molecule has 0 amide bonds. The van der Waals surface area contributed by atoms with Gasteiger partial charge in [0.2, 0.25) is 0 Å². The molecule has 1 N–H and O–H groups in total. The van der Waals surface area contributed by atoms with Crippen LogP contribution in [0.1, 0.15) is 11.1 Å². The molecular weight excluding hydrogens is 263 g/mol. The lowest BCUT2D eigenvalue weighted by Gasteiger charge is -2.34. The summed E-state index contributed by atoms with van der Waals surface area (Å²) in [5.74, 6) is -0.101. The average Bonchev–Trinajstić information content (AvgIpc) is 2.51. The first-order chi connectivity index (χ1) is 10.3. The van der Waals surface area contributed by atoms with Gasteiger partial charge in [-0.05, 0) is 18.1 Å². The van der Waals surface area contributed by atoms with Gasteiger partial charge in [-0.2, -0.15) is 0 Å². The third kappa shape index (κ3) is 3.90. The highest BCUT2D eigenvalue weighted by molar-refractivity contribution is 5.18. The molecule has 0 bridgehead atoms. The second-order valence-electron chi connectivity index (χ2n) is 5.67. The molecule has 2 aromatic carbocycles. The van der Waals surface area contributed by atoms with Crippen LogP contribution in [0.2, 0.25) is 0 Å². The first-order valence-electron chi connectivity index (χ1n) is 7.54. The molecule has 3 heteroatoms. The van der Waals surface area contributed by atoms with Crippen molar-refractivity contribution in [3.8, 4) is 0 Å². The second-order valence-corrected chi connectivity index (χ2v) is 5.67. The summed E-state index contributed by atoms with van der Waals surface area (Å²) >= 11 is 0. The number of nitrogens with zero attached hydrogens (tertiary/aromatic N) is 1. The number of rotatable bonds is 4. The Morgan fingerprint density at radius 1 is 1.05 bits per heavy atom. The van der Waals surface area contributed by atoms with Crippen molar-refractivity contribution in [1.29, 1.82) is 0 Å². The standard InChI is InChI=1S/C18H21FN2/c19-18-9-5-4-8-16(18)13-21-11-10-20-17(14-21)12-15-6-2-1-3-7-15/h1-9,17,20H,10-14H2. The summed E-state index contributed by atoms with van der Waals surface area (Å²) < 4.78 is 13.7. The number of halogens is 1. The van der Waals surface area contributed by atoms with Crippen LogP contribution in [-0.2, 0) is 13.0 Å². The molecule has 1 aliphatic heterocycles. The molecular formula is C18H21FN2. The van der Waals surface area contributed by atoms with Gasteiger partial charge >= 0.3 is 0 Å². The number of hydrogen-bond acceptors (Lipinski definition) is 2. The normalized spacial score (nSPS) is 19.6. The van der Waals surface area contributed by atoms with E-state index >= 15 is 0 Å². The maximum absolute atomic E-state index is 13.7. The Bertz CT molecular complexity index is 570. The lowest BCUT2D eigenvalue weighted by molar-refractivity contribution is 0.190. The first-order valence-corrected chi connectivity index (χ1v) is 7.54. The largest absolute Gasteiger partial charge is 0.311 e. The highest BCUT2D eigenvalue weighted by Gasteiger charge is 2.20. The Kier molecular flexibility index (Phi) is 4.63. The van der Waals surface area contributed by atoms with Crippen molar-refractivity contribution >= 4 is 0 Å². The quantitative estimate of drug-likeness (QED) is 0.929. The van der Waals surface area contributed by atoms with E-state index in [-0.39, 0.29) is 5.82 Å². The molecule has 3 rings (SSSR count). The van der Waals surface area contributed by atoms with Crippen LogP contribution in [0.4, 0.5) is 4.39 Å². The fourth-order valence-corrected chi connectivity index (χ4v) is 2.94. The molecule has 0 saturated carbocycles. The molecule has 1 fully saturated rings. The Hall–Kier alpha value is -1.71. The molecule has 1 unspecified atom stereocenters. The van der Waals surface area contributed by atoms with Crippen LogP contribution < -0.4 is 5.32 Å². The molecule has 2 nitrogen and oxygen atoms in total. The van der Waals surface area contributed by atoms with Crippen molar-refractivity contribution in [1.82, 2.24) is 10.2 Å². The zero-order valence-electron chi connectivity index (χ0n) is 12.1. The predicted molar refractivity (Wildman–Crippen MR) is 83.6 cm³/mol. The molecule has 0 aromatic heterocycles. The van der Waals surface area contributed by atoms with E-state index in [2.05, 4.69) is 34.5 Å². The fraction of sp³-hybridized carbons (Fsp3) is 0.333. The van der Waals surface area contributed by atoms with E-state index in [1.165, 1.54) is 5.56 Å². The third-order valence-electron chi connectivity index (χ3n) is 4.02. The van der Waals surface area contributed by atoms with Crippen molar-refractivity contribution in [3.63, 3.8) is 0 Å². The molecule has 1 saturated heterocycles. The molecule has 1 heterocycles. The summed E-state index contributed by atoms with van der Waals surface area (Å²) in [6.45, 7) is 3.59. The predicted octanol–water partition coefficient (Wildman–Crippen LogP) is 2.84. The van der Waals surface area contributed by atoms with Gasteiger partial charge in [-0.15, -0.1) is 0 Å². The highest BCUT2D eigenvalue weighted by atomic mass is 19.1. The van der Waals surface area contributed by atoms with Gasteiger partial charge in [-0.3, -0.25) is 4.90 Å². The average molecular weight is 284 g/mol. The summed E-state index contributed by atoms with van der Waals surface area (Å²) in [5.41, 5.74) is 2.14. The molecule has 1 aliphatic rings. The molecule has 21 heavy (non-hydrogen) atoms. The van der Waals surface area contributed by atoms with E-state index in [9.17, 15) is 4.39 Å². The Morgan fingerprint density at radius 3 is 2.62 bits per heavy atom. The molecule has 0 spiro atoms. The summed E-state index contributed by atoms with van der Waals surface area (Å²) in [6, 6.07) is 18.0. The van der Waals surface area contributed by atoms with E-state index in [0.717, 1.165) is 31.6 Å². The molecule has 0 aliphatic carbocycles. The fourth-order valence-electron chi connectivity index (χ4n) is 2.94. The van der Waals surface area contributed by atoms with Gasteiger partial charge in [-0.25, -0.2) is 4.39 Å². The molecule has 0 radical (unpaired) electrons. The van der Waals surface area contributed by atoms with Gasteiger partial charge in [0, 0.05) is 37.8 Å². The minimum atomic E-state index is -0.101. The lowest BCUT2D eigenvalue weighted by atomic mass is 10.0. The smallest absolute Gasteiger partial charge is 0.127 e. The zero-order chi connectivity index (χ0) is 14.5. The summed E-state index contributed by atoms with van der Waals surface area (Å²) in [7, 11) is 0. The first kappa shape index (κ1) is 14.2. The van der Waals surface area contributed by atoms with Crippen LogP contribution in [-0.4, -0.2) is 30.6 Å². The van der Waals surface area contributed by atoms with Crippen LogP contribution in [0.3, 0.4) is 0 Å². The highest BCUT2D eigenvalue weighted by Crippen LogP contribution is 2.13. The van der Waals surface area contributed by atoms with Gasteiger partial charge in [-0.1, -0.05) is 48.5 Å². The molecule has 1 atom stereocenters. The van der Waals surface area contributed by atoms with Gasteiger partial charge in [0.05, 0.1) is 0 Å². The van der Waals surface area contributed by atoms with Crippen molar-refractivity contribution < 1.29 is 4.39 Å². The lowest BCUT2D eigenvalue weighted by Crippen LogP contribution is -2.51. The van der Waals surface area contributed by atoms with Gasteiger partial charge in [0.25, 0.3) is 0 Å². The van der Waals surface area contributed by atoms with Crippen molar-refractivity contribution in [2.24, 2.45) is 0 Å². The minimum absolute atomic E-state index is 0.101. The van der Waals surface area contributed by atoms with Crippen molar-refractivity contribution in [2.45, 2.75) is 19.0 Å². The van der Waals surface area contributed by atoms with Crippen molar-refractivity contribution in [2.75, 3.05) is 19.6 Å². The van der Waals surface area contributed by atoms with E-state index in [0.29, 0.717) is 12.6 Å². The zero-order valence-corrected chi connectivity index (χ0v) is 12.1. The Morgan fingerprint density at radius 2 is 1.81 bits per heavy atom. The maximum Gasteiger partial charge on any atom is 0.127 e. The number of nitrogens with one attached hydrogen (secondary N) is 1. The Labute approximate surface area is 125 Å². The van der Waals surface area contributed by atoms with Crippen LogP contribution in [0.15, 0.2) is 54.6 Å². The topological polar surface area (TPSA) is 15.3 Å². The van der Waals surface area contributed by atoms with Crippen molar-refractivity contribution in [3.05, 3.63) is 71.5 Å². The second kappa shape index (κ2) is 6.83. The van der Waals surface area contributed by atoms with Gasteiger partial charge in [0.15, 0.2) is 0 Å². The SMILES string of the molecule is Fc1ccccc1CN1CCNC(Cc2ccccc2)C1. The summed E-state index contributed by atoms with van der Waals surface area (Å²) in [6.07, 6.45) is 1.02. The van der Waals surface area contributed by atoms with E-state index in [4.69, 9.17) is 0 Å².